The van der Waals surface area contributed by atoms with Gasteiger partial charge in [0.05, 0.1) is 0 Å². The lowest BCUT2D eigenvalue weighted by Crippen LogP contribution is -2.30. The Morgan fingerprint density at radius 2 is 1.89 bits per heavy atom. The van der Waals surface area contributed by atoms with Crippen molar-refractivity contribution in [3.05, 3.63) is 34.9 Å². The van der Waals surface area contributed by atoms with Crippen LogP contribution in [0.3, 0.4) is 0 Å². The Bertz CT molecular complexity index is 393. The molecule has 0 bridgehead atoms. The van der Waals surface area contributed by atoms with Crippen LogP contribution in [0.4, 0.5) is 0 Å². The van der Waals surface area contributed by atoms with Gasteiger partial charge in [0.1, 0.15) is 0 Å². The van der Waals surface area contributed by atoms with Gasteiger partial charge in [-0.25, -0.2) is 0 Å². The summed E-state index contributed by atoms with van der Waals surface area (Å²) in [6, 6.07) is 7.13. The molecule has 4 heteroatoms. The number of carbonyl (C=O) groups is 1. The van der Waals surface area contributed by atoms with Crippen LogP contribution in [0.1, 0.15) is 16.8 Å². The van der Waals surface area contributed by atoms with Crippen molar-refractivity contribution in [2.24, 2.45) is 0 Å². The molecule has 0 spiro atoms. The number of carbonyl (C=O) groups excluding carboxylic acids is 1. The smallest absolute Gasteiger partial charge is 0.164 e. The first-order valence-corrected chi connectivity index (χ1v) is 6.49. The Hall–Kier alpha value is -0.900. The number of hydrogen-bond donors (Lipinski definition) is 0. The molecular formula is C14H21ClN2O. The summed E-state index contributed by atoms with van der Waals surface area (Å²) in [6.45, 7) is 2.75. The summed E-state index contributed by atoms with van der Waals surface area (Å²) in [5.41, 5.74) is 0.698. The SMILES string of the molecule is CN(C)CCN(C)CCC(=O)c1cccc(Cl)c1. The minimum atomic E-state index is 0.147. The highest BCUT2D eigenvalue weighted by molar-refractivity contribution is 6.31. The van der Waals surface area contributed by atoms with Crippen molar-refractivity contribution in [1.82, 2.24) is 9.80 Å². The predicted octanol–water partition coefficient (Wildman–Crippen LogP) is 2.41. The quantitative estimate of drug-likeness (QED) is 0.710. The number of benzene rings is 1. The van der Waals surface area contributed by atoms with E-state index in [0.29, 0.717) is 17.0 Å². The normalized spacial score (nSPS) is 11.2. The lowest BCUT2D eigenvalue weighted by Gasteiger charge is -2.18. The van der Waals surface area contributed by atoms with Gasteiger partial charge in [-0.3, -0.25) is 4.79 Å². The fourth-order valence-corrected chi connectivity index (χ4v) is 1.77. The lowest BCUT2D eigenvalue weighted by molar-refractivity contribution is 0.0968. The molecule has 0 radical (unpaired) electrons. The molecule has 0 heterocycles. The average Bonchev–Trinajstić information content (AvgIpc) is 2.33. The van der Waals surface area contributed by atoms with Crippen LogP contribution in [0.5, 0.6) is 0 Å². The summed E-state index contributed by atoms with van der Waals surface area (Å²) >= 11 is 5.87. The fraction of sp³-hybridized carbons (Fsp3) is 0.500. The van der Waals surface area contributed by atoms with Crippen molar-refractivity contribution >= 4 is 17.4 Å². The number of nitrogens with zero attached hydrogens (tertiary/aromatic N) is 2. The number of Topliss-reactive ketones (excluding diaryl/α,β-unsaturated/α-hetero) is 1. The highest BCUT2D eigenvalue weighted by atomic mass is 35.5. The van der Waals surface area contributed by atoms with E-state index < -0.39 is 0 Å². The van der Waals surface area contributed by atoms with Crippen molar-refractivity contribution in [3.63, 3.8) is 0 Å². The van der Waals surface area contributed by atoms with Gasteiger partial charge in [0, 0.05) is 36.6 Å². The second-order valence-electron chi connectivity index (χ2n) is 4.79. The van der Waals surface area contributed by atoms with Gasteiger partial charge >= 0.3 is 0 Å². The Kier molecular flexibility index (Phi) is 6.33. The molecule has 1 rings (SSSR count). The number of ketones is 1. The molecule has 0 aliphatic carbocycles. The largest absolute Gasteiger partial charge is 0.308 e. The van der Waals surface area contributed by atoms with Gasteiger partial charge in [0.15, 0.2) is 5.78 Å². The summed E-state index contributed by atoms with van der Waals surface area (Å²) in [6.07, 6.45) is 0.532. The predicted molar refractivity (Wildman–Crippen MR) is 76.5 cm³/mol. The minimum Gasteiger partial charge on any atom is -0.308 e. The van der Waals surface area contributed by atoms with Gasteiger partial charge in [-0.05, 0) is 33.3 Å². The van der Waals surface area contributed by atoms with Gasteiger partial charge in [0.25, 0.3) is 0 Å². The third-order valence-electron chi connectivity index (χ3n) is 2.80. The highest BCUT2D eigenvalue weighted by Gasteiger charge is 2.08. The zero-order valence-corrected chi connectivity index (χ0v) is 12.1. The number of likely N-dealkylation sites (N-methyl/N-ethyl adjacent to an activating group) is 2. The molecule has 0 aromatic heterocycles. The van der Waals surface area contributed by atoms with Gasteiger partial charge in [-0.15, -0.1) is 0 Å². The average molecular weight is 269 g/mol. The second-order valence-corrected chi connectivity index (χ2v) is 5.23. The van der Waals surface area contributed by atoms with E-state index in [1.54, 1.807) is 12.1 Å². The Morgan fingerprint density at radius 1 is 1.17 bits per heavy atom. The Morgan fingerprint density at radius 3 is 2.50 bits per heavy atom. The molecule has 3 nitrogen and oxygen atoms in total. The fourth-order valence-electron chi connectivity index (χ4n) is 1.58. The van der Waals surface area contributed by atoms with Crippen LogP contribution in [0, 0.1) is 0 Å². The first-order valence-electron chi connectivity index (χ1n) is 6.11. The van der Waals surface area contributed by atoms with Crippen molar-refractivity contribution in [2.45, 2.75) is 6.42 Å². The Balaban J connectivity index is 2.37. The minimum absolute atomic E-state index is 0.147. The molecule has 0 saturated heterocycles. The van der Waals surface area contributed by atoms with E-state index in [2.05, 4.69) is 9.80 Å². The molecule has 100 valence electrons. The van der Waals surface area contributed by atoms with E-state index in [-0.39, 0.29) is 5.78 Å². The van der Waals surface area contributed by atoms with E-state index in [0.717, 1.165) is 19.6 Å². The van der Waals surface area contributed by atoms with Crippen LogP contribution in [-0.4, -0.2) is 56.4 Å². The first-order chi connectivity index (χ1) is 8.49. The molecule has 0 aliphatic rings. The Labute approximate surface area is 114 Å². The summed E-state index contributed by atoms with van der Waals surface area (Å²) in [7, 11) is 6.13. The maximum atomic E-state index is 11.9. The number of hydrogen-bond acceptors (Lipinski definition) is 3. The number of rotatable bonds is 7. The van der Waals surface area contributed by atoms with Crippen molar-refractivity contribution < 1.29 is 4.79 Å². The van der Waals surface area contributed by atoms with Crippen molar-refractivity contribution in [3.8, 4) is 0 Å². The third kappa shape index (κ3) is 5.63. The maximum Gasteiger partial charge on any atom is 0.164 e. The molecule has 0 N–H and O–H groups in total. The van der Waals surface area contributed by atoms with Crippen LogP contribution < -0.4 is 0 Å². The summed E-state index contributed by atoms with van der Waals surface area (Å²) in [4.78, 5) is 16.2. The third-order valence-corrected chi connectivity index (χ3v) is 3.03. The summed E-state index contributed by atoms with van der Waals surface area (Å²) in [5.74, 6) is 0.147. The monoisotopic (exact) mass is 268 g/mol. The van der Waals surface area contributed by atoms with Crippen molar-refractivity contribution in [1.29, 1.82) is 0 Å². The zero-order chi connectivity index (χ0) is 13.5. The topological polar surface area (TPSA) is 23.6 Å². The molecule has 1 aromatic carbocycles. The molecule has 18 heavy (non-hydrogen) atoms. The van der Waals surface area contributed by atoms with Crippen LogP contribution in [0.2, 0.25) is 5.02 Å². The molecule has 0 atom stereocenters. The van der Waals surface area contributed by atoms with E-state index in [1.807, 2.05) is 33.3 Å². The zero-order valence-electron chi connectivity index (χ0n) is 11.3. The maximum absolute atomic E-state index is 11.9. The van der Waals surface area contributed by atoms with Crippen LogP contribution in [0.15, 0.2) is 24.3 Å². The summed E-state index contributed by atoms with van der Waals surface area (Å²) in [5, 5.41) is 0.613. The van der Waals surface area contributed by atoms with E-state index in [9.17, 15) is 4.79 Å². The van der Waals surface area contributed by atoms with Crippen molar-refractivity contribution in [2.75, 3.05) is 40.8 Å². The van der Waals surface area contributed by atoms with Gasteiger partial charge in [-0.1, -0.05) is 23.7 Å². The van der Waals surface area contributed by atoms with Crippen LogP contribution in [-0.2, 0) is 0 Å². The molecule has 0 fully saturated rings. The lowest BCUT2D eigenvalue weighted by atomic mass is 10.1. The van der Waals surface area contributed by atoms with Gasteiger partial charge in [0.2, 0.25) is 0 Å². The van der Waals surface area contributed by atoms with E-state index in [1.165, 1.54) is 0 Å². The standard InChI is InChI=1S/C14H21ClN2O/c1-16(2)9-10-17(3)8-7-14(18)12-5-4-6-13(15)11-12/h4-6,11H,7-10H2,1-3H3. The van der Waals surface area contributed by atoms with E-state index in [4.69, 9.17) is 11.6 Å². The van der Waals surface area contributed by atoms with Gasteiger partial charge < -0.3 is 9.80 Å². The second kappa shape index (κ2) is 7.52. The molecular weight excluding hydrogens is 248 g/mol. The van der Waals surface area contributed by atoms with Crippen LogP contribution >= 0.6 is 11.6 Å². The molecule has 0 unspecified atom stereocenters. The van der Waals surface area contributed by atoms with Gasteiger partial charge in [-0.2, -0.15) is 0 Å². The number of halogens is 1. The molecule has 0 amide bonds. The first kappa shape index (κ1) is 15.2. The molecule has 0 saturated carbocycles. The van der Waals surface area contributed by atoms with Crippen LogP contribution in [0.25, 0.3) is 0 Å². The molecule has 0 aliphatic heterocycles. The highest BCUT2D eigenvalue weighted by Crippen LogP contribution is 2.12. The molecule has 1 aromatic rings. The summed E-state index contributed by atoms with van der Waals surface area (Å²) < 4.78 is 0. The van der Waals surface area contributed by atoms with E-state index >= 15 is 0 Å².